The second kappa shape index (κ2) is 4.71. The zero-order chi connectivity index (χ0) is 14.4. The van der Waals surface area contributed by atoms with Crippen molar-refractivity contribution in [3.05, 3.63) is 64.8 Å². The van der Waals surface area contributed by atoms with E-state index in [4.69, 9.17) is 0 Å². The van der Waals surface area contributed by atoms with Gasteiger partial charge in [-0.05, 0) is 42.8 Å². The molecule has 2 aromatic carbocycles. The minimum Gasteiger partial charge on any atom is -0.301 e. The lowest BCUT2D eigenvalue weighted by Gasteiger charge is -2.33. The van der Waals surface area contributed by atoms with E-state index in [1.165, 1.54) is 27.6 Å². The number of fused-ring (bicyclic) bond motifs is 2. The van der Waals surface area contributed by atoms with E-state index in [-0.39, 0.29) is 0 Å². The van der Waals surface area contributed by atoms with Crippen LogP contribution in [0.2, 0.25) is 0 Å². The van der Waals surface area contributed by atoms with Gasteiger partial charge in [-0.2, -0.15) is 5.10 Å². The van der Waals surface area contributed by atoms with Crippen molar-refractivity contribution in [2.45, 2.75) is 19.4 Å². The van der Waals surface area contributed by atoms with E-state index in [0.29, 0.717) is 5.92 Å². The number of likely N-dealkylation sites (N-methyl/N-ethyl adjacent to an activating group) is 1. The third kappa shape index (κ3) is 2.14. The number of hydrogen-bond donors (Lipinski definition) is 1. The first-order valence-electron chi connectivity index (χ1n) is 7.42. The van der Waals surface area contributed by atoms with E-state index in [9.17, 15) is 0 Å². The summed E-state index contributed by atoms with van der Waals surface area (Å²) < 4.78 is 0. The minimum atomic E-state index is 0.443. The van der Waals surface area contributed by atoms with E-state index in [2.05, 4.69) is 65.5 Å². The molecular formula is C18H19N3. The number of nitrogens with zero attached hydrogens (tertiary/aromatic N) is 2. The average molecular weight is 277 g/mol. The number of aromatic nitrogens is 2. The zero-order valence-electron chi connectivity index (χ0n) is 12.4. The molecule has 4 rings (SSSR count). The SMILES string of the molecule is Cc1ccc2c(c1)CN(C)CC2c1ccc2[nH]ncc2c1. The number of benzene rings is 2. The quantitative estimate of drug-likeness (QED) is 0.739. The number of hydrogen-bond acceptors (Lipinski definition) is 2. The molecule has 0 saturated heterocycles. The second-order valence-corrected chi connectivity index (χ2v) is 6.17. The third-order valence-corrected chi connectivity index (χ3v) is 4.48. The first-order chi connectivity index (χ1) is 10.2. The van der Waals surface area contributed by atoms with Crippen molar-refractivity contribution in [2.24, 2.45) is 0 Å². The van der Waals surface area contributed by atoms with Gasteiger partial charge in [-0.3, -0.25) is 5.10 Å². The van der Waals surface area contributed by atoms with Gasteiger partial charge in [-0.1, -0.05) is 29.8 Å². The number of H-pyrrole nitrogens is 1. The van der Waals surface area contributed by atoms with Crippen LogP contribution >= 0.6 is 0 Å². The Morgan fingerprint density at radius 1 is 1.19 bits per heavy atom. The maximum absolute atomic E-state index is 4.12. The summed E-state index contributed by atoms with van der Waals surface area (Å²) in [5.41, 5.74) is 6.75. The topological polar surface area (TPSA) is 31.9 Å². The lowest BCUT2D eigenvalue weighted by atomic mass is 9.84. The molecule has 0 saturated carbocycles. The number of aromatic amines is 1. The number of nitrogens with one attached hydrogen (secondary N) is 1. The summed E-state index contributed by atoms with van der Waals surface area (Å²) in [6.07, 6.45) is 1.90. The van der Waals surface area contributed by atoms with Crippen molar-refractivity contribution in [2.75, 3.05) is 13.6 Å². The highest BCUT2D eigenvalue weighted by molar-refractivity contribution is 5.78. The standard InChI is InChI=1S/C18H19N3/c1-12-3-5-16-15(7-12)10-21(2)11-17(16)13-4-6-18-14(8-13)9-19-20-18/h3-9,17H,10-11H2,1-2H3,(H,19,20). The molecule has 0 bridgehead atoms. The zero-order valence-corrected chi connectivity index (χ0v) is 12.4. The average Bonchev–Trinajstić information content (AvgIpc) is 2.93. The van der Waals surface area contributed by atoms with Gasteiger partial charge in [0.2, 0.25) is 0 Å². The van der Waals surface area contributed by atoms with Crippen LogP contribution in [0.5, 0.6) is 0 Å². The Hall–Kier alpha value is -2.13. The van der Waals surface area contributed by atoms with Crippen molar-refractivity contribution in [3.63, 3.8) is 0 Å². The molecule has 3 heteroatoms. The van der Waals surface area contributed by atoms with Crippen molar-refractivity contribution < 1.29 is 0 Å². The molecule has 1 unspecified atom stereocenters. The van der Waals surface area contributed by atoms with E-state index in [0.717, 1.165) is 18.6 Å². The summed E-state index contributed by atoms with van der Waals surface area (Å²) in [5, 5.41) is 8.34. The van der Waals surface area contributed by atoms with Crippen LogP contribution in [-0.2, 0) is 6.54 Å². The molecule has 1 N–H and O–H groups in total. The van der Waals surface area contributed by atoms with Crippen molar-refractivity contribution in [1.29, 1.82) is 0 Å². The first-order valence-corrected chi connectivity index (χ1v) is 7.42. The van der Waals surface area contributed by atoms with Gasteiger partial charge in [-0.15, -0.1) is 0 Å². The van der Waals surface area contributed by atoms with Crippen LogP contribution in [0.15, 0.2) is 42.6 Å². The van der Waals surface area contributed by atoms with E-state index >= 15 is 0 Å². The molecule has 0 fully saturated rings. The Kier molecular flexibility index (Phi) is 2.82. The highest BCUT2D eigenvalue weighted by Crippen LogP contribution is 2.34. The smallest absolute Gasteiger partial charge is 0.0650 e. The molecule has 0 radical (unpaired) electrons. The van der Waals surface area contributed by atoms with Crippen molar-refractivity contribution >= 4 is 10.9 Å². The molecule has 0 aliphatic carbocycles. The first kappa shape index (κ1) is 12.6. The molecule has 2 heterocycles. The highest BCUT2D eigenvalue weighted by Gasteiger charge is 2.24. The monoisotopic (exact) mass is 277 g/mol. The Morgan fingerprint density at radius 2 is 2.10 bits per heavy atom. The van der Waals surface area contributed by atoms with Gasteiger partial charge in [0.05, 0.1) is 11.7 Å². The molecule has 1 aliphatic rings. The largest absolute Gasteiger partial charge is 0.301 e. The van der Waals surface area contributed by atoms with Crippen molar-refractivity contribution in [3.8, 4) is 0 Å². The molecule has 1 atom stereocenters. The molecular weight excluding hydrogens is 258 g/mol. The fourth-order valence-corrected chi connectivity index (χ4v) is 3.44. The molecule has 106 valence electrons. The molecule has 3 aromatic rings. The van der Waals surface area contributed by atoms with Gasteiger partial charge in [-0.25, -0.2) is 0 Å². The van der Waals surface area contributed by atoms with Crippen LogP contribution in [0, 0.1) is 6.92 Å². The Morgan fingerprint density at radius 3 is 3.00 bits per heavy atom. The lowest BCUT2D eigenvalue weighted by molar-refractivity contribution is 0.295. The van der Waals surface area contributed by atoms with Crippen LogP contribution in [-0.4, -0.2) is 28.7 Å². The lowest BCUT2D eigenvalue weighted by Crippen LogP contribution is -2.31. The summed E-state index contributed by atoms with van der Waals surface area (Å²) in [7, 11) is 2.20. The van der Waals surface area contributed by atoms with Crippen LogP contribution in [0.25, 0.3) is 10.9 Å². The van der Waals surface area contributed by atoms with Gasteiger partial charge in [0.1, 0.15) is 0 Å². The summed E-state index contributed by atoms with van der Waals surface area (Å²) in [4.78, 5) is 2.41. The maximum atomic E-state index is 4.12. The Balaban J connectivity index is 1.84. The molecule has 1 aromatic heterocycles. The molecule has 21 heavy (non-hydrogen) atoms. The predicted molar refractivity (Wildman–Crippen MR) is 85.4 cm³/mol. The van der Waals surface area contributed by atoms with Gasteiger partial charge in [0.25, 0.3) is 0 Å². The molecule has 0 amide bonds. The summed E-state index contributed by atoms with van der Waals surface area (Å²) >= 11 is 0. The van der Waals surface area contributed by atoms with Crippen LogP contribution in [0.4, 0.5) is 0 Å². The normalized spacial score (nSPS) is 18.9. The third-order valence-electron chi connectivity index (χ3n) is 4.48. The number of aryl methyl sites for hydroxylation is 1. The maximum Gasteiger partial charge on any atom is 0.0650 e. The van der Waals surface area contributed by atoms with Crippen molar-refractivity contribution in [1.82, 2.24) is 15.1 Å². The highest BCUT2D eigenvalue weighted by atomic mass is 15.1. The van der Waals surface area contributed by atoms with Crippen LogP contribution < -0.4 is 0 Å². The van der Waals surface area contributed by atoms with Crippen LogP contribution in [0.3, 0.4) is 0 Å². The van der Waals surface area contributed by atoms with Gasteiger partial charge < -0.3 is 4.90 Å². The van der Waals surface area contributed by atoms with Gasteiger partial charge in [0, 0.05) is 24.4 Å². The molecule has 0 spiro atoms. The molecule has 3 nitrogen and oxygen atoms in total. The predicted octanol–water partition coefficient (Wildman–Crippen LogP) is 3.45. The Bertz CT molecular complexity index is 803. The fraction of sp³-hybridized carbons (Fsp3) is 0.278. The fourth-order valence-electron chi connectivity index (χ4n) is 3.44. The second-order valence-electron chi connectivity index (χ2n) is 6.17. The van der Waals surface area contributed by atoms with Crippen LogP contribution in [0.1, 0.15) is 28.2 Å². The van der Waals surface area contributed by atoms with E-state index in [1.807, 2.05) is 6.20 Å². The van der Waals surface area contributed by atoms with Gasteiger partial charge >= 0.3 is 0 Å². The summed E-state index contributed by atoms with van der Waals surface area (Å²) in [6.45, 7) is 4.28. The van der Waals surface area contributed by atoms with E-state index < -0.39 is 0 Å². The summed E-state index contributed by atoms with van der Waals surface area (Å²) in [5.74, 6) is 0.443. The minimum absolute atomic E-state index is 0.443. The molecule has 1 aliphatic heterocycles. The van der Waals surface area contributed by atoms with Gasteiger partial charge in [0.15, 0.2) is 0 Å². The summed E-state index contributed by atoms with van der Waals surface area (Å²) in [6, 6.07) is 13.5. The van der Waals surface area contributed by atoms with E-state index in [1.54, 1.807) is 0 Å². The Labute approximate surface area is 124 Å². The number of rotatable bonds is 1.